The molecule has 0 aliphatic rings. The Bertz CT molecular complexity index is 1720. The minimum Gasteiger partial charge on any atom is -0.394 e. The van der Waals surface area contributed by atoms with E-state index in [-0.39, 0.29) is 12.5 Å². The highest BCUT2D eigenvalue weighted by Gasteiger charge is 2.18. The van der Waals surface area contributed by atoms with Gasteiger partial charge < -0.3 is 15.5 Å². The average Bonchev–Trinajstić information content (AvgIpc) is 3.51. The number of nitrogens with one attached hydrogen (secondary N) is 1. The van der Waals surface area contributed by atoms with Crippen molar-refractivity contribution in [1.82, 2.24) is 5.32 Å². The molecule has 0 saturated carbocycles. The largest absolute Gasteiger partial charge is 0.394 e. The molecular weight excluding hydrogens is 1030 g/mol. The molecule has 0 aromatic carbocycles. The molecule has 85 heavy (non-hydrogen) atoms. The van der Waals surface area contributed by atoms with Crippen LogP contribution in [0.4, 0.5) is 0 Å². The summed E-state index contributed by atoms with van der Waals surface area (Å²) in [6, 6.07) is -0.657. The lowest BCUT2D eigenvalue weighted by molar-refractivity contribution is -0.123. The van der Waals surface area contributed by atoms with Gasteiger partial charge in [0.2, 0.25) is 5.91 Å². The minimum absolute atomic E-state index is 0.0813. The zero-order valence-electron chi connectivity index (χ0n) is 56.1. The third kappa shape index (κ3) is 70.9. The Morgan fingerprint density at radius 3 is 0.824 bits per heavy atom. The number of rotatable bonds is 66. The molecule has 0 aliphatic carbocycles. The molecule has 2 atom stereocenters. The molecule has 0 rings (SSSR count). The van der Waals surface area contributed by atoms with Gasteiger partial charge in [0.15, 0.2) is 0 Å². The number of amides is 1. The van der Waals surface area contributed by atoms with Gasteiger partial charge in [-0.05, 0) is 116 Å². The Hall–Kier alpha value is -3.73. The molecule has 0 aromatic heterocycles. The summed E-state index contributed by atoms with van der Waals surface area (Å²) in [5.41, 5.74) is 0. The Morgan fingerprint density at radius 1 is 0.294 bits per heavy atom. The van der Waals surface area contributed by atoms with Crippen LogP contribution < -0.4 is 5.32 Å². The maximum absolute atomic E-state index is 12.5. The van der Waals surface area contributed by atoms with Crippen LogP contribution in [0.3, 0.4) is 0 Å². The van der Waals surface area contributed by atoms with Crippen molar-refractivity contribution in [2.45, 2.75) is 353 Å². The second kappa shape index (κ2) is 74.5. The monoisotopic (exact) mass is 1170 g/mol. The first-order valence-corrected chi connectivity index (χ1v) is 36.5. The fourth-order valence-corrected chi connectivity index (χ4v) is 10.6. The quantitative estimate of drug-likeness (QED) is 0.0420. The van der Waals surface area contributed by atoms with Gasteiger partial charge in [0.25, 0.3) is 0 Å². The normalized spacial score (nSPS) is 13.6. The number of unbranched alkanes of at least 4 members (excludes halogenated alkanes) is 37. The van der Waals surface area contributed by atoms with Crippen LogP contribution in [0.1, 0.15) is 341 Å². The van der Waals surface area contributed by atoms with E-state index in [9.17, 15) is 15.0 Å². The summed E-state index contributed by atoms with van der Waals surface area (Å²) >= 11 is 0. The van der Waals surface area contributed by atoms with E-state index in [1.165, 1.54) is 225 Å². The van der Waals surface area contributed by atoms with Crippen molar-refractivity contribution in [3.63, 3.8) is 0 Å². The Labute approximate surface area is 529 Å². The highest BCUT2D eigenvalue weighted by atomic mass is 16.3. The average molecular weight is 1180 g/mol. The number of carbonyl (C=O) groups is 1. The zero-order chi connectivity index (χ0) is 61.2. The van der Waals surface area contributed by atoms with Gasteiger partial charge in [0.1, 0.15) is 0 Å². The van der Waals surface area contributed by atoms with E-state index < -0.39 is 12.1 Å². The summed E-state index contributed by atoms with van der Waals surface area (Å²) in [5.74, 6) is -0.0813. The molecule has 2 unspecified atom stereocenters. The maximum atomic E-state index is 12.5. The lowest BCUT2D eigenvalue weighted by Gasteiger charge is -2.19. The summed E-state index contributed by atoms with van der Waals surface area (Å²) in [4.78, 5) is 12.5. The molecule has 0 saturated heterocycles. The van der Waals surface area contributed by atoms with Gasteiger partial charge in [0, 0.05) is 6.42 Å². The van der Waals surface area contributed by atoms with Gasteiger partial charge in [0.05, 0.1) is 18.8 Å². The van der Waals surface area contributed by atoms with Crippen molar-refractivity contribution in [2.24, 2.45) is 0 Å². The number of carbonyl (C=O) groups excluding carboxylic acids is 1. The molecule has 0 aromatic rings. The van der Waals surface area contributed by atoms with Gasteiger partial charge in [-0.25, -0.2) is 0 Å². The molecule has 0 fully saturated rings. The van der Waals surface area contributed by atoms with Crippen molar-refractivity contribution < 1.29 is 15.0 Å². The van der Waals surface area contributed by atoms with Crippen LogP contribution in [0.15, 0.2) is 146 Å². The predicted octanol–water partition coefficient (Wildman–Crippen LogP) is 25.4. The van der Waals surface area contributed by atoms with E-state index in [1.807, 2.05) is 6.08 Å². The van der Waals surface area contributed by atoms with Crippen molar-refractivity contribution in [1.29, 1.82) is 0 Å². The molecule has 3 N–H and O–H groups in total. The van der Waals surface area contributed by atoms with Gasteiger partial charge >= 0.3 is 0 Å². The Balaban J connectivity index is 3.57. The fraction of sp³-hybridized carbons (Fsp3) is 0.691. The second-order valence-corrected chi connectivity index (χ2v) is 24.3. The molecule has 0 bridgehead atoms. The van der Waals surface area contributed by atoms with Gasteiger partial charge in [-0.15, -0.1) is 0 Å². The maximum Gasteiger partial charge on any atom is 0.220 e. The molecule has 1 amide bonds. The first-order valence-electron chi connectivity index (χ1n) is 36.5. The van der Waals surface area contributed by atoms with E-state index in [0.717, 1.165) is 96.3 Å². The molecular formula is C81H139NO3. The number of hydrogen-bond acceptors (Lipinski definition) is 3. The third-order valence-electron chi connectivity index (χ3n) is 16.0. The third-order valence-corrected chi connectivity index (χ3v) is 16.0. The van der Waals surface area contributed by atoms with E-state index in [1.54, 1.807) is 6.08 Å². The lowest BCUT2D eigenvalue weighted by atomic mass is 10.0. The summed E-state index contributed by atoms with van der Waals surface area (Å²) in [6.07, 6.45) is 117. The van der Waals surface area contributed by atoms with Gasteiger partial charge in [-0.2, -0.15) is 0 Å². The van der Waals surface area contributed by atoms with Crippen molar-refractivity contribution in [3.8, 4) is 0 Å². The van der Waals surface area contributed by atoms with Crippen LogP contribution in [0.5, 0.6) is 0 Å². The predicted molar refractivity (Wildman–Crippen MR) is 382 cm³/mol. The highest BCUT2D eigenvalue weighted by molar-refractivity contribution is 5.76. The molecule has 0 aliphatic heterocycles. The summed E-state index contributed by atoms with van der Waals surface area (Å²) in [6.45, 7) is 4.20. The van der Waals surface area contributed by atoms with Crippen LogP contribution in [0.25, 0.3) is 0 Å². The smallest absolute Gasteiger partial charge is 0.220 e. The standard InChI is InChI=1S/C81H139NO3/c1-3-5-7-9-11-13-15-17-19-21-23-25-27-29-31-33-35-37-38-39-40-41-42-43-44-45-47-49-51-53-55-57-59-61-63-65-67-69-71-73-75-77-81(85)82-79(78-83)80(84)76-74-72-70-68-66-64-62-60-58-56-54-52-50-48-46-36-34-32-30-28-26-24-22-20-18-16-14-12-10-8-6-4-2/h5,7,11,13,17,19,23,25,29,31,35,37,39-40,42-43,45,47,58,60,66,68,74,76,79-80,83-84H,3-4,6,8-10,12,14-16,18,20-22,24,26-28,30,32-34,36,38,41,44,46,48-57,59,61-65,67,69-73,75,77-78H2,1-2H3,(H,82,85)/b7-5-,13-11-,19-17-,25-23-,31-29-,37-35-,40-39-,43-42-,47-45-,60-58+,68-66+,76-74+. The lowest BCUT2D eigenvalue weighted by Crippen LogP contribution is -2.45. The van der Waals surface area contributed by atoms with Crippen LogP contribution in [0.2, 0.25) is 0 Å². The number of allylic oxidation sites excluding steroid dienone is 23. The number of aliphatic hydroxyl groups is 2. The molecule has 0 radical (unpaired) electrons. The van der Waals surface area contributed by atoms with E-state index in [2.05, 4.69) is 153 Å². The van der Waals surface area contributed by atoms with E-state index in [4.69, 9.17) is 0 Å². The van der Waals surface area contributed by atoms with Crippen LogP contribution in [-0.2, 0) is 4.79 Å². The van der Waals surface area contributed by atoms with Crippen molar-refractivity contribution >= 4 is 5.91 Å². The molecule has 4 nitrogen and oxygen atoms in total. The van der Waals surface area contributed by atoms with Crippen molar-refractivity contribution in [3.05, 3.63) is 146 Å². The topological polar surface area (TPSA) is 69.6 Å². The van der Waals surface area contributed by atoms with E-state index >= 15 is 0 Å². The molecule has 486 valence electrons. The van der Waals surface area contributed by atoms with E-state index in [0.29, 0.717) is 6.42 Å². The SMILES string of the molecule is CC/C=C\C/C=C\C/C=C\C/C=C\C/C=C\C/C=C\C/C=C\C/C=C\C/C=C\CCCCCCCCCCCCCCCC(=O)NC(CO)C(O)/C=C/CC/C=C/CC/C=C/CCCCCCCCCCCCCCCCCCCCCCCC. The van der Waals surface area contributed by atoms with Crippen molar-refractivity contribution in [2.75, 3.05) is 6.61 Å². The van der Waals surface area contributed by atoms with Crippen LogP contribution >= 0.6 is 0 Å². The summed E-state index contributed by atoms with van der Waals surface area (Å²) in [7, 11) is 0. The Morgan fingerprint density at radius 2 is 0.529 bits per heavy atom. The Kier molecular flexibility index (Phi) is 71.3. The molecule has 0 spiro atoms. The summed E-state index contributed by atoms with van der Waals surface area (Å²) in [5, 5.41) is 23.3. The van der Waals surface area contributed by atoms with Crippen LogP contribution in [-0.4, -0.2) is 34.9 Å². The second-order valence-electron chi connectivity index (χ2n) is 24.3. The number of hydrogen-bond donors (Lipinski definition) is 3. The minimum atomic E-state index is -0.882. The summed E-state index contributed by atoms with van der Waals surface area (Å²) < 4.78 is 0. The highest BCUT2D eigenvalue weighted by Crippen LogP contribution is 2.17. The van der Waals surface area contributed by atoms with Gasteiger partial charge in [-0.3, -0.25) is 4.79 Å². The molecule has 4 heteroatoms. The van der Waals surface area contributed by atoms with Gasteiger partial charge in [-0.1, -0.05) is 365 Å². The number of aliphatic hydroxyl groups excluding tert-OH is 2. The first-order chi connectivity index (χ1) is 42.2. The first kappa shape index (κ1) is 81.3. The van der Waals surface area contributed by atoms with Crippen LogP contribution in [0, 0.1) is 0 Å². The fourth-order valence-electron chi connectivity index (χ4n) is 10.6. The molecule has 0 heterocycles. The zero-order valence-corrected chi connectivity index (χ0v) is 56.1.